The number of benzene rings is 1. The number of hydrogen-bond acceptors (Lipinski definition) is 9. The molecule has 1 aliphatic heterocycles. The first-order valence-electron chi connectivity index (χ1n) is 7.85. The number of nitrogens with one attached hydrogen (secondary N) is 1. The first kappa shape index (κ1) is 19.4. The van der Waals surface area contributed by atoms with E-state index in [9.17, 15) is 28.2 Å². The summed E-state index contributed by atoms with van der Waals surface area (Å²) in [5.41, 5.74) is -1.10. The lowest BCUT2D eigenvalue weighted by Crippen LogP contribution is -2.49. The topological polar surface area (TPSA) is 161 Å². The van der Waals surface area contributed by atoms with Crippen molar-refractivity contribution in [1.82, 2.24) is 14.8 Å². The van der Waals surface area contributed by atoms with Gasteiger partial charge in [-0.25, -0.2) is 8.98 Å². The van der Waals surface area contributed by atoms with Gasteiger partial charge in [-0.2, -0.15) is 18.2 Å². The summed E-state index contributed by atoms with van der Waals surface area (Å²) in [7, 11) is -4.46. The quantitative estimate of drug-likeness (QED) is 0.503. The molecule has 0 radical (unpaired) electrons. The minimum Gasteiger partial charge on any atom is -0.394 e. The molecular formula is C15H17N3O8S. The van der Waals surface area contributed by atoms with Gasteiger partial charge in [0.05, 0.1) is 24.0 Å². The highest BCUT2D eigenvalue weighted by Crippen LogP contribution is 2.37. The fraction of sp³-hybridized carbons (Fsp3) is 0.400. The lowest BCUT2D eigenvalue weighted by Gasteiger charge is -2.28. The van der Waals surface area contributed by atoms with Gasteiger partial charge in [0.1, 0.15) is 12.3 Å². The van der Waals surface area contributed by atoms with Gasteiger partial charge < -0.3 is 14.9 Å². The molecule has 0 bridgehead atoms. The maximum absolute atomic E-state index is 12.7. The van der Waals surface area contributed by atoms with E-state index in [1.807, 2.05) is 4.98 Å². The zero-order valence-electron chi connectivity index (χ0n) is 14.1. The van der Waals surface area contributed by atoms with Crippen molar-refractivity contribution in [3.05, 3.63) is 56.9 Å². The summed E-state index contributed by atoms with van der Waals surface area (Å²) < 4.78 is 36.4. The van der Waals surface area contributed by atoms with Crippen molar-refractivity contribution in [2.75, 3.05) is 6.61 Å². The Morgan fingerprint density at radius 1 is 1.37 bits per heavy atom. The Hall–Kier alpha value is -2.38. The molecule has 146 valence electrons. The normalized spacial score (nSPS) is 25.6. The summed E-state index contributed by atoms with van der Waals surface area (Å²) in [6.07, 6.45) is -2.36. The van der Waals surface area contributed by atoms with Gasteiger partial charge in [0.15, 0.2) is 0 Å². The summed E-state index contributed by atoms with van der Waals surface area (Å²) in [4.78, 5) is 25.1. The maximum Gasteiger partial charge on any atom is 0.349 e. The molecule has 1 saturated heterocycles. The van der Waals surface area contributed by atoms with Crippen LogP contribution in [-0.2, 0) is 24.9 Å². The minimum absolute atomic E-state index is 0.213. The zero-order valence-corrected chi connectivity index (χ0v) is 14.9. The zero-order chi connectivity index (χ0) is 19.8. The third-order valence-electron chi connectivity index (χ3n) is 4.00. The average Bonchev–Trinajstić information content (AvgIpc) is 2.90. The molecule has 0 aliphatic carbocycles. The first-order chi connectivity index (χ1) is 12.7. The van der Waals surface area contributed by atoms with Crippen LogP contribution in [0.5, 0.6) is 0 Å². The third kappa shape index (κ3) is 3.70. The van der Waals surface area contributed by atoms with Crippen LogP contribution in [0.25, 0.3) is 0 Å². The number of hydrogen-bond donors (Lipinski definition) is 3. The average molecular weight is 399 g/mol. The molecule has 0 saturated carbocycles. The molecule has 2 aromatic rings. The molecular weight excluding hydrogens is 382 g/mol. The van der Waals surface area contributed by atoms with Gasteiger partial charge in [-0.05, 0) is 19.1 Å². The van der Waals surface area contributed by atoms with E-state index in [1.54, 1.807) is 19.1 Å². The molecule has 0 amide bonds. The molecule has 3 N–H and O–H groups in total. The van der Waals surface area contributed by atoms with Crippen LogP contribution in [0.2, 0.25) is 0 Å². The molecule has 1 aromatic heterocycles. The number of aliphatic hydroxyl groups is 2. The Balaban J connectivity index is 2.10. The SMILES string of the molecule is Cc1ccc(S(=O)(=O)OC2(n3ncc(=O)[nH]c3=O)CC(O)C(CO)O2)cc1. The van der Waals surface area contributed by atoms with E-state index >= 15 is 0 Å². The fourth-order valence-corrected chi connectivity index (χ4v) is 3.75. The number of rotatable bonds is 5. The van der Waals surface area contributed by atoms with Gasteiger partial charge in [-0.1, -0.05) is 17.7 Å². The fourth-order valence-electron chi connectivity index (χ4n) is 2.66. The second kappa shape index (κ2) is 6.98. The van der Waals surface area contributed by atoms with Crippen molar-refractivity contribution in [1.29, 1.82) is 0 Å². The van der Waals surface area contributed by atoms with Crippen LogP contribution >= 0.6 is 0 Å². The minimum atomic E-state index is -4.46. The number of aromatic nitrogens is 3. The van der Waals surface area contributed by atoms with E-state index in [-0.39, 0.29) is 4.90 Å². The highest BCUT2D eigenvalue weighted by Gasteiger charge is 2.53. The van der Waals surface area contributed by atoms with Gasteiger partial charge in [0.25, 0.3) is 11.5 Å². The Morgan fingerprint density at radius 3 is 2.59 bits per heavy atom. The summed E-state index contributed by atoms with van der Waals surface area (Å²) in [5.74, 6) is -2.38. The Morgan fingerprint density at radius 2 is 2.04 bits per heavy atom. The number of aromatic amines is 1. The summed E-state index contributed by atoms with van der Waals surface area (Å²) >= 11 is 0. The number of aryl methyl sites for hydroxylation is 1. The molecule has 2 heterocycles. The number of aliphatic hydroxyl groups excluding tert-OH is 2. The summed E-state index contributed by atoms with van der Waals surface area (Å²) in [5, 5.41) is 23.0. The Labute approximate surface area is 152 Å². The van der Waals surface area contributed by atoms with Crippen molar-refractivity contribution in [2.24, 2.45) is 0 Å². The Kier molecular flexibility index (Phi) is 5.01. The van der Waals surface area contributed by atoms with Crippen LogP contribution in [0, 0.1) is 6.92 Å². The first-order valence-corrected chi connectivity index (χ1v) is 9.26. The molecule has 27 heavy (non-hydrogen) atoms. The second-order valence-electron chi connectivity index (χ2n) is 6.02. The van der Waals surface area contributed by atoms with E-state index in [2.05, 4.69) is 5.10 Å². The second-order valence-corrected chi connectivity index (χ2v) is 7.57. The lowest BCUT2D eigenvalue weighted by atomic mass is 10.2. The van der Waals surface area contributed by atoms with E-state index in [0.717, 1.165) is 11.8 Å². The van der Waals surface area contributed by atoms with Gasteiger partial charge >= 0.3 is 15.8 Å². The highest BCUT2D eigenvalue weighted by atomic mass is 32.2. The summed E-state index contributed by atoms with van der Waals surface area (Å²) in [6.45, 7) is 1.11. The largest absolute Gasteiger partial charge is 0.394 e. The van der Waals surface area contributed by atoms with Crippen molar-refractivity contribution < 1.29 is 27.6 Å². The number of nitrogens with zero attached hydrogens (tertiary/aromatic N) is 2. The monoisotopic (exact) mass is 399 g/mol. The van der Waals surface area contributed by atoms with Crippen molar-refractivity contribution in [2.45, 2.75) is 36.4 Å². The molecule has 1 fully saturated rings. The molecule has 12 heteroatoms. The smallest absolute Gasteiger partial charge is 0.349 e. The standard InChI is InChI=1S/C15H17N3O8S/c1-9-2-4-10(5-3-9)27(23,24)26-15(6-11(20)12(8-19)25-15)18-14(22)17-13(21)7-16-18/h2-5,7,11-12,19-20H,6,8H2,1H3,(H,17,21,22). The van der Waals surface area contributed by atoms with Crippen molar-refractivity contribution in [3.63, 3.8) is 0 Å². The van der Waals surface area contributed by atoms with Crippen LogP contribution in [-0.4, -0.2) is 52.2 Å². The van der Waals surface area contributed by atoms with Gasteiger partial charge in [-0.3, -0.25) is 9.78 Å². The molecule has 11 nitrogen and oxygen atoms in total. The molecule has 1 aliphatic rings. The van der Waals surface area contributed by atoms with Crippen LogP contribution in [0.1, 0.15) is 12.0 Å². The van der Waals surface area contributed by atoms with Crippen molar-refractivity contribution >= 4 is 10.1 Å². The van der Waals surface area contributed by atoms with Gasteiger partial charge in [0.2, 0.25) is 0 Å². The van der Waals surface area contributed by atoms with Crippen LogP contribution in [0.4, 0.5) is 0 Å². The number of ether oxygens (including phenoxy) is 1. The predicted octanol–water partition coefficient (Wildman–Crippen LogP) is -1.60. The highest BCUT2D eigenvalue weighted by molar-refractivity contribution is 7.86. The molecule has 3 atom stereocenters. The lowest BCUT2D eigenvalue weighted by molar-refractivity contribution is -0.244. The van der Waals surface area contributed by atoms with Crippen LogP contribution < -0.4 is 11.2 Å². The van der Waals surface area contributed by atoms with E-state index in [4.69, 9.17) is 8.92 Å². The molecule has 3 rings (SSSR count). The van der Waals surface area contributed by atoms with Crippen LogP contribution in [0.3, 0.4) is 0 Å². The van der Waals surface area contributed by atoms with E-state index in [1.165, 1.54) is 12.1 Å². The predicted molar refractivity (Wildman–Crippen MR) is 89.1 cm³/mol. The van der Waals surface area contributed by atoms with E-state index < -0.39 is 52.5 Å². The Bertz CT molecular complexity index is 1050. The summed E-state index contributed by atoms with van der Waals surface area (Å²) in [6, 6.07) is 5.70. The molecule has 3 unspecified atom stereocenters. The molecule has 1 aromatic carbocycles. The maximum atomic E-state index is 12.7. The molecule has 0 spiro atoms. The number of H-pyrrole nitrogens is 1. The van der Waals surface area contributed by atoms with Gasteiger partial charge in [-0.15, -0.1) is 0 Å². The van der Waals surface area contributed by atoms with E-state index in [0.29, 0.717) is 4.68 Å². The third-order valence-corrected chi connectivity index (χ3v) is 5.33. The van der Waals surface area contributed by atoms with Crippen LogP contribution in [0.15, 0.2) is 44.9 Å². The van der Waals surface area contributed by atoms with Crippen molar-refractivity contribution in [3.8, 4) is 0 Å². The van der Waals surface area contributed by atoms with Gasteiger partial charge in [0, 0.05) is 0 Å².